The zero-order valence-electron chi connectivity index (χ0n) is 12.0. The summed E-state index contributed by atoms with van der Waals surface area (Å²) in [4.78, 5) is 7.84. The minimum atomic E-state index is 0.113. The fourth-order valence-corrected chi connectivity index (χ4v) is 1.28. The summed E-state index contributed by atoms with van der Waals surface area (Å²) >= 11 is 0. The molecule has 20 heavy (non-hydrogen) atoms. The first kappa shape index (κ1) is 17.8. The molecule has 0 saturated carbocycles. The normalized spacial score (nSPS) is 8.75. The minimum absolute atomic E-state index is 0.113. The largest absolute Gasteiger partial charge is 0.383 e. The third kappa shape index (κ3) is 8.02. The SMILES string of the molecule is CN.COCCN=C(N)N.c1ccc2ncccc2c1. The molecule has 1 heterocycles. The number of hydrogen-bond donors (Lipinski definition) is 3. The predicted molar refractivity (Wildman–Crippen MR) is 84.4 cm³/mol. The van der Waals surface area contributed by atoms with Gasteiger partial charge < -0.3 is 21.9 Å². The van der Waals surface area contributed by atoms with E-state index in [9.17, 15) is 0 Å². The van der Waals surface area contributed by atoms with Crippen LogP contribution in [0.3, 0.4) is 0 Å². The van der Waals surface area contributed by atoms with Crippen molar-refractivity contribution in [2.45, 2.75) is 0 Å². The summed E-state index contributed by atoms with van der Waals surface area (Å²) in [5.74, 6) is 0.113. The fraction of sp³-hybridized carbons (Fsp3) is 0.286. The van der Waals surface area contributed by atoms with Gasteiger partial charge in [-0.05, 0) is 19.2 Å². The van der Waals surface area contributed by atoms with Gasteiger partial charge in [-0.3, -0.25) is 9.98 Å². The van der Waals surface area contributed by atoms with Crippen LogP contribution in [-0.4, -0.2) is 38.3 Å². The quantitative estimate of drug-likeness (QED) is 0.434. The van der Waals surface area contributed by atoms with E-state index in [1.807, 2.05) is 30.5 Å². The summed E-state index contributed by atoms with van der Waals surface area (Å²) in [5, 5.41) is 1.20. The van der Waals surface area contributed by atoms with Gasteiger partial charge in [0.25, 0.3) is 0 Å². The van der Waals surface area contributed by atoms with E-state index in [1.165, 1.54) is 12.4 Å². The molecule has 2 aromatic rings. The van der Waals surface area contributed by atoms with Crippen LogP contribution in [0.4, 0.5) is 0 Å². The number of hydrogen-bond acceptors (Lipinski definition) is 4. The number of nitrogens with zero attached hydrogens (tertiary/aromatic N) is 2. The Kier molecular flexibility index (Phi) is 10.6. The molecule has 0 atom stereocenters. The lowest BCUT2D eigenvalue weighted by molar-refractivity contribution is 0.208. The minimum Gasteiger partial charge on any atom is -0.383 e. The molecule has 6 nitrogen and oxygen atoms in total. The Balaban J connectivity index is 0.000000330. The highest BCUT2D eigenvalue weighted by Crippen LogP contribution is 2.07. The Morgan fingerprint density at radius 1 is 1.15 bits per heavy atom. The highest BCUT2D eigenvalue weighted by Gasteiger charge is 1.86. The van der Waals surface area contributed by atoms with E-state index in [2.05, 4.69) is 32.6 Å². The standard InChI is InChI=1S/C9H7N.C4H11N3O.CH5N/c1-2-6-9-8(4-1)5-3-7-10-9;1-8-3-2-7-4(5)6;1-2/h1-7H;2-3H2,1H3,(H4,5,6,7);2H2,1H3. The summed E-state index contributed by atoms with van der Waals surface area (Å²) in [5.41, 5.74) is 15.6. The number of nitrogens with two attached hydrogens (primary N) is 3. The van der Waals surface area contributed by atoms with E-state index in [-0.39, 0.29) is 5.96 Å². The van der Waals surface area contributed by atoms with Crippen molar-refractivity contribution < 1.29 is 4.74 Å². The molecule has 6 heteroatoms. The van der Waals surface area contributed by atoms with Gasteiger partial charge >= 0.3 is 0 Å². The summed E-state index contributed by atoms with van der Waals surface area (Å²) < 4.78 is 4.67. The van der Waals surface area contributed by atoms with Gasteiger partial charge in [-0.15, -0.1) is 0 Å². The summed E-state index contributed by atoms with van der Waals surface area (Å²) in [6, 6.07) is 12.1. The van der Waals surface area contributed by atoms with Crippen molar-refractivity contribution in [1.29, 1.82) is 0 Å². The third-order valence-corrected chi connectivity index (χ3v) is 2.10. The molecule has 0 aliphatic heterocycles. The monoisotopic (exact) mass is 277 g/mol. The molecule has 0 saturated heterocycles. The molecule has 0 aliphatic rings. The molecular formula is C14H23N5O. The Bertz CT molecular complexity index is 432. The van der Waals surface area contributed by atoms with Gasteiger partial charge in [-0.25, -0.2) is 0 Å². The molecule has 1 aromatic heterocycles. The average Bonchev–Trinajstić information content (AvgIpc) is 2.50. The van der Waals surface area contributed by atoms with Gasteiger partial charge in [0.15, 0.2) is 5.96 Å². The van der Waals surface area contributed by atoms with Crippen LogP contribution in [0, 0.1) is 0 Å². The lowest BCUT2D eigenvalue weighted by Crippen LogP contribution is -2.23. The van der Waals surface area contributed by atoms with Crippen LogP contribution in [0.2, 0.25) is 0 Å². The van der Waals surface area contributed by atoms with E-state index in [4.69, 9.17) is 11.5 Å². The van der Waals surface area contributed by atoms with E-state index < -0.39 is 0 Å². The molecule has 0 aliphatic carbocycles. The summed E-state index contributed by atoms with van der Waals surface area (Å²) in [7, 11) is 3.10. The lowest BCUT2D eigenvalue weighted by Gasteiger charge is -1.91. The Hall–Kier alpha value is -2.18. The lowest BCUT2D eigenvalue weighted by atomic mass is 10.2. The number of guanidine groups is 1. The van der Waals surface area contributed by atoms with E-state index in [1.54, 1.807) is 7.11 Å². The van der Waals surface area contributed by atoms with Crippen LogP contribution in [0.15, 0.2) is 47.6 Å². The first-order valence-electron chi connectivity index (χ1n) is 6.16. The number of aromatic nitrogens is 1. The second kappa shape index (κ2) is 11.9. The van der Waals surface area contributed by atoms with Crippen LogP contribution in [-0.2, 0) is 4.74 Å². The molecule has 0 unspecified atom stereocenters. The molecule has 0 radical (unpaired) electrons. The fourth-order valence-electron chi connectivity index (χ4n) is 1.28. The second-order valence-corrected chi connectivity index (χ2v) is 3.50. The molecule has 110 valence electrons. The highest BCUT2D eigenvalue weighted by molar-refractivity contribution is 5.77. The molecule has 6 N–H and O–H groups in total. The number of rotatable bonds is 3. The molecule has 2 rings (SSSR count). The smallest absolute Gasteiger partial charge is 0.185 e. The number of methoxy groups -OCH3 is 1. The first-order valence-corrected chi connectivity index (χ1v) is 6.16. The van der Waals surface area contributed by atoms with Crippen molar-refractivity contribution in [2.75, 3.05) is 27.3 Å². The van der Waals surface area contributed by atoms with Gasteiger partial charge in [0.05, 0.1) is 18.7 Å². The Morgan fingerprint density at radius 2 is 1.80 bits per heavy atom. The molecular weight excluding hydrogens is 254 g/mol. The average molecular weight is 277 g/mol. The number of fused-ring (bicyclic) bond motifs is 1. The van der Waals surface area contributed by atoms with E-state index in [0.717, 1.165) is 5.52 Å². The topological polar surface area (TPSA) is 113 Å². The summed E-state index contributed by atoms with van der Waals surface area (Å²) in [6.07, 6.45) is 1.81. The van der Waals surface area contributed by atoms with E-state index >= 15 is 0 Å². The van der Waals surface area contributed by atoms with Crippen molar-refractivity contribution in [3.05, 3.63) is 42.6 Å². The van der Waals surface area contributed by atoms with Gasteiger partial charge in [-0.2, -0.15) is 0 Å². The molecule has 0 amide bonds. The van der Waals surface area contributed by atoms with Crippen LogP contribution < -0.4 is 17.2 Å². The van der Waals surface area contributed by atoms with Crippen molar-refractivity contribution in [1.82, 2.24) is 4.98 Å². The maximum atomic E-state index is 5.01. The molecule has 0 spiro atoms. The molecule has 0 bridgehead atoms. The van der Waals surface area contributed by atoms with Gasteiger partial charge in [0.2, 0.25) is 0 Å². The Labute approximate surface area is 119 Å². The van der Waals surface area contributed by atoms with Crippen LogP contribution >= 0.6 is 0 Å². The van der Waals surface area contributed by atoms with Crippen molar-refractivity contribution in [3.63, 3.8) is 0 Å². The zero-order chi connectivity index (χ0) is 15.2. The highest BCUT2D eigenvalue weighted by atomic mass is 16.5. The molecule has 0 fully saturated rings. The van der Waals surface area contributed by atoms with Gasteiger partial charge in [-0.1, -0.05) is 24.3 Å². The predicted octanol–water partition coefficient (Wildman–Crippen LogP) is 0.716. The van der Waals surface area contributed by atoms with E-state index in [0.29, 0.717) is 13.2 Å². The number of ether oxygens (including phenoxy) is 1. The Morgan fingerprint density at radius 3 is 2.40 bits per heavy atom. The number of para-hydroxylation sites is 1. The third-order valence-electron chi connectivity index (χ3n) is 2.10. The number of aliphatic imine (C=N–C) groups is 1. The van der Waals surface area contributed by atoms with Gasteiger partial charge in [0, 0.05) is 18.7 Å². The second-order valence-electron chi connectivity index (χ2n) is 3.50. The van der Waals surface area contributed by atoms with Crippen molar-refractivity contribution >= 4 is 16.9 Å². The van der Waals surface area contributed by atoms with Crippen LogP contribution in [0.25, 0.3) is 10.9 Å². The van der Waals surface area contributed by atoms with Gasteiger partial charge in [0.1, 0.15) is 0 Å². The number of pyridine rings is 1. The van der Waals surface area contributed by atoms with Crippen LogP contribution in [0.1, 0.15) is 0 Å². The van der Waals surface area contributed by atoms with Crippen molar-refractivity contribution in [3.8, 4) is 0 Å². The zero-order valence-corrected chi connectivity index (χ0v) is 12.0. The first-order chi connectivity index (χ1) is 9.74. The van der Waals surface area contributed by atoms with Crippen molar-refractivity contribution in [2.24, 2.45) is 22.2 Å². The maximum Gasteiger partial charge on any atom is 0.185 e. The molecule has 1 aromatic carbocycles. The van der Waals surface area contributed by atoms with Crippen LogP contribution in [0.5, 0.6) is 0 Å². The summed E-state index contributed by atoms with van der Waals surface area (Å²) in [6.45, 7) is 1.11. The number of benzene rings is 1. The maximum absolute atomic E-state index is 5.01.